The number of hydrogen-bond acceptors (Lipinski definition) is 2. The van der Waals surface area contributed by atoms with Gasteiger partial charge < -0.3 is 0 Å². The number of hydrogen-bond donors (Lipinski definition) is 1. The average Bonchev–Trinajstić information content (AvgIpc) is 1.86. The zero-order valence-corrected chi connectivity index (χ0v) is 7.32. The normalized spacial score (nSPS) is 19.1. The van der Waals surface area contributed by atoms with Gasteiger partial charge in [-0.15, -0.1) is 0 Å². The van der Waals surface area contributed by atoms with Gasteiger partial charge in [-0.25, -0.2) is 13.6 Å². The summed E-state index contributed by atoms with van der Waals surface area (Å²) in [5.41, 5.74) is 0. The Kier molecular flexibility index (Phi) is 2.37. The van der Waals surface area contributed by atoms with Crippen LogP contribution < -0.4 is 5.14 Å². The summed E-state index contributed by atoms with van der Waals surface area (Å²) in [6.45, 7) is 0. The van der Waals surface area contributed by atoms with Crippen LogP contribution in [0.3, 0.4) is 0 Å². The van der Waals surface area contributed by atoms with E-state index in [0.717, 1.165) is 0 Å². The molecule has 5 heteroatoms. The Morgan fingerprint density at radius 3 is 2.36 bits per heavy atom. The van der Waals surface area contributed by atoms with Crippen LogP contribution in [0.1, 0.15) is 12.8 Å². The van der Waals surface area contributed by atoms with Gasteiger partial charge in [-0.05, 0) is 25.0 Å². The largest absolute Gasteiger partial charge is 0.234 e. The Labute approximate surface area is 70.6 Å². The fourth-order valence-corrected chi connectivity index (χ4v) is 1.63. The van der Waals surface area contributed by atoms with Crippen LogP contribution in [0.25, 0.3) is 0 Å². The Morgan fingerprint density at radius 1 is 1.36 bits per heavy atom. The number of rotatable bonds is 1. The van der Waals surface area contributed by atoms with Crippen LogP contribution in [0.2, 0.25) is 0 Å². The SMILES string of the molecule is NS(=O)(=O)C1=CC=C(Cl)CC1. The van der Waals surface area contributed by atoms with Crippen molar-refractivity contribution in [2.24, 2.45) is 5.14 Å². The Balaban J connectivity index is 2.95. The summed E-state index contributed by atoms with van der Waals surface area (Å²) >= 11 is 5.61. The van der Waals surface area contributed by atoms with Gasteiger partial charge in [-0.2, -0.15) is 0 Å². The molecule has 0 saturated heterocycles. The van der Waals surface area contributed by atoms with Crippen LogP contribution >= 0.6 is 11.6 Å². The van der Waals surface area contributed by atoms with Crippen molar-refractivity contribution in [3.05, 3.63) is 22.1 Å². The van der Waals surface area contributed by atoms with Crippen LogP contribution in [-0.4, -0.2) is 8.42 Å². The third kappa shape index (κ3) is 2.32. The van der Waals surface area contributed by atoms with Crippen LogP contribution in [0, 0.1) is 0 Å². The van der Waals surface area contributed by atoms with Crippen molar-refractivity contribution >= 4 is 21.6 Å². The summed E-state index contributed by atoms with van der Waals surface area (Å²) in [5.74, 6) is 0. The number of nitrogens with two attached hydrogens (primary N) is 1. The molecule has 0 aromatic carbocycles. The smallest absolute Gasteiger partial charge is 0.225 e. The summed E-state index contributed by atoms with van der Waals surface area (Å²) < 4.78 is 21.5. The summed E-state index contributed by atoms with van der Waals surface area (Å²) in [4.78, 5) is 0.252. The maximum Gasteiger partial charge on any atom is 0.234 e. The minimum atomic E-state index is -3.49. The molecule has 0 bridgehead atoms. The summed E-state index contributed by atoms with van der Waals surface area (Å²) in [5, 5.41) is 5.55. The highest BCUT2D eigenvalue weighted by atomic mass is 35.5. The van der Waals surface area contributed by atoms with Crippen LogP contribution in [0.4, 0.5) is 0 Å². The molecular formula is C6H8ClNO2S. The molecule has 0 aliphatic heterocycles. The average molecular weight is 194 g/mol. The summed E-state index contributed by atoms with van der Waals surface area (Å²) in [7, 11) is -3.49. The van der Waals surface area contributed by atoms with E-state index in [0.29, 0.717) is 17.9 Å². The van der Waals surface area contributed by atoms with E-state index in [2.05, 4.69) is 0 Å². The van der Waals surface area contributed by atoms with Gasteiger partial charge in [0.2, 0.25) is 10.0 Å². The zero-order valence-electron chi connectivity index (χ0n) is 5.75. The highest BCUT2D eigenvalue weighted by Crippen LogP contribution is 2.22. The van der Waals surface area contributed by atoms with Crippen LogP contribution in [-0.2, 0) is 10.0 Å². The van der Waals surface area contributed by atoms with E-state index in [1.54, 1.807) is 6.08 Å². The molecule has 62 valence electrons. The van der Waals surface area contributed by atoms with Crippen molar-refractivity contribution in [1.82, 2.24) is 0 Å². The third-order valence-corrected chi connectivity index (χ3v) is 2.81. The molecule has 0 saturated carbocycles. The lowest BCUT2D eigenvalue weighted by Gasteiger charge is -2.07. The quantitative estimate of drug-likeness (QED) is 0.678. The van der Waals surface area contributed by atoms with Gasteiger partial charge in [0.25, 0.3) is 0 Å². The molecule has 0 spiro atoms. The van der Waals surface area contributed by atoms with Crippen LogP contribution in [0.15, 0.2) is 22.1 Å². The highest BCUT2D eigenvalue weighted by molar-refractivity contribution is 7.93. The van der Waals surface area contributed by atoms with Gasteiger partial charge in [0.05, 0.1) is 4.91 Å². The van der Waals surface area contributed by atoms with E-state index >= 15 is 0 Å². The van der Waals surface area contributed by atoms with E-state index in [-0.39, 0.29) is 4.91 Å². The monoisotopic (exact) mass is 193 g/mol. The molecular weight excluding hydrogens is 186 g/mol. The van der Waals surface area contributed by atoms with Crippen LogP contribution in [0.5, 0.6) is 0 Å². The molecule has 0 fully saturated rings. The number of sulfonamides is 1. The molecule has 0 aromatic heterocycles. The molecule has 0 amide bonds. The zero-order chi connectivity index (χ0) is 8.48. The summed E-state index contributed by atoms with van der Waals surface area (Å²) in [6, 6.07) is 0. The van der Waals surface area contributed by atoms with Crippen molar-refractivity contribution in [2.45, 2.75) is 12.8 Å². The maximum absolute atomic E-state index is 10.7. The Bertz CT molecular complexity index is 315. The molecule has 0 aromatic rings. The first kappa shape index (κ1) is 8.77. The molecule has 1 rings (SSSR count). The first-order chi connectivity index (χ1) is 5.00. The van der Waals surface area contributed by atoms with Crippen molar-refractivity contribution < 1.29 is 8.42 Å². The molecule has 1 aliphatic rings. The Morgan fingerprint density at radius 2 is 2.00 bits per heavy atom. The molecule has 2 N–H and O–H groups in total. The first-order valence-corrected chi connectivity index (χ1v) is 5.00. The third-order valence-electron chi connectivity index (χ3n) is 1.43. The van der Waals surface area contributed by atoms with Gasteiger partial charge in [-0.3, -0.25) is 0 Å². The molecule has 0 heterocycles. The standard InChI is InChI=1S/C6H8ClNO2S/c7-5-1-3-6(4-2-5)11(8,9)10/h1,3H,2,4H2,(H2,8,9,10). The topological polar surface area (TPSA) is 60.2 Å². The minimum absolute atomic E-state index is 0.252. The number of halogens is 1. The Hall–Kier alpha value is -0.320. The van der Waals surface area contributed by atoms with Gasteiger partial charge in [0.15, 0.2) is 0 Å². The second kappa shape index (κ2) is 2.97. The van der Waals surface area contributed by atoms with Gasteiger partial charge in [-0.1, -0.05) is 11.6 Å². The lowest BCUT2D eigenvalue weighted by atomic mass is 10.2. The van der Waals surface area contributed by atoms with Gasteiger partial charge >= 0.3 is 0 Å². The fourth-order valence-electron chi connectivity index (χ4n) is 0.830. The lowest BCUT2D eigenvalue weighted by Crippen LogP contribution is -2.15. The second-order valence-corrected chi connectivity index (χ2v) is 4.39. The van der Waals surface area contributed by atoms with E-state index in [1.807, 2.05) is 0 Å². The van der Waals surface area contributed by atoms with Crippen molar-refractivity contribution in [3.63, 3.8) is 0 Å². The van der Waals surface area contributed by atoms with E-state index in [9.17, 15) is 8.42 Å². The van der Waals surface area contributed by atoms with Crippen molar-refractivity contribution in [2.75, 3.05) is 0 Å². The van der Waals surface area contributed by atoms with Gasteiger partial charge in [0.1, 0.15) is 0 Å². The van der Waals surface area contributed by atoms with Crippen molar-refractivity contribution in [3.8, 4) is 0 Å². The van der Waals surface area contributed by atoms with Gasteiger partial charge in [0, 0.05) is 5.03 Å². The predicted octanol–water partition coefficient (Wildman–Crippen LogP) is 1.08. The molecule has 3 nitrogen and oxygen atoms in total. The molecule has 1 aliphatic carbocycles. The summed E-state index contributed by atoms with van der Waals surface area (Å²) in [6.07, 6.45) is 3.98. The number of primary sulfonamides is 1. The molecule has 0 radical (unpaired) electrons. The van der Waals surface area contributed by atoms with E-state index in [1.165, 1.54) is 6.08 Å². The fraction of sp³-hybridized carbons (Fsp3) is 0.333. The molecule has 0 unspecified atom stereocenters. The second-order valence-electron chi connectivity index (χ2n) is 2.29. The lowest BCUT2D eigenvalue weighted by molar-refractivity contribution is 0.601. The van der Waals surface area contributed by atoms with E-state index in [4.69, 9.17) is 16.7 Å². The van der Waals surface area contributed by atoms with Crippen molar-refractivity contribution in [1.29, 1.82) is 0 Å². The molecule has 0 atom stereocenters. The minimum Gasteiger partial charge on any atom is -0.225 e. The molecule has 11 heavy (non-hydrogen) atoms. The first-order valence-electron chi connectivity index (χ1n) is 3.08. The number of allylic oxidation sites excluding steroid dienone is 4. The maximum atomic E-state index is 10.7. The highest BCUT2D eigenvalue weighted by Gasteiger charge is 2.14. The predicted molar refractivity (Wildman–Crippen MR) is 44.4 cm³/mol. The van der Waals surface area contributed by atoms with E-state index < -0.39 is 10.0 Å².